The van der Waals surface area contributed by atoms with Crippen LogP contribution in [0.1, 0.15) is 43.2 Å². The van der Waals surface area contributed by atoms with Crippen LogP contribution in [0.5, 0.6) is 0 Å². The number of carbonyl (C=O) groups excluding carboxylic acids is 1. The number of ether oxygens (including phenoxy) is 1. The summed E-state index contributed by atoms with van der Waals surface area (Å²) in [5.41, 5.74) is 3.80. The molecule has 5 rings (SSSR count). The van der Waals surface area contributed by atoms with E-state index in [1.54, 1.807) is 0 Å². The molecule has 3 atom stereocenters. The second kappa shape index (κ2) is 9.33. The molecule has 2 N–H and O–H groups in total. The highest BCUT2D eigenvalue weighted by molar-refractivity contribution is 7.80. The van der Waals surface area contributed by atoms with Gasteiger partial charge >= 0.3 is 0 Å². The third-order valence-corrected chi connectivity index (χ3v) is 6.47. The third-order valence-electron chi connectivity index (χ3n) is 6.16. The Labute approximate surface area is 198 Å². The molecule has 2 aliphatic rings. The number of rotatable bonds is 6. The molecule has 33 heavy (non-hydrogen) atoms. The van der Waals surface area contributed by atoms with Crippen LogP contribution in [0, 0.1) is 0 Å². The summed E-state index contributed by atoms with van der Waals surface area (Å²) < 4.78 is 8.19. The van der Waals surface area contributed by atoms with Gasteiger partial charge in [-0.3, -0.25) is 9.78 Å². The summed E-state index contributed by atoms with van der Waals surface area (Å²) in [7, 11) is 0. The van der Waals surface area contributed by atoms with E-state index in [-0.39, 0.29) is 24.1 Å². The summed E-state index contributed by atoms with van der Waals surface area (Å²) in [6.07, 6.45) is 6.35. The van der Waals surface area contributed by atoms with Gasteiger partial charge in [0.1, 0.15) is 6.04 Å². The number of benzene rings is 1. The number of nitrogens with zero attached hydrogens (tertiary/aromatic N) is 3. The molecule has 1 aromatic carbocycles. The first-order valence-electron chi connectivity index (χ1n) is 11.2. The fourth-order valence-electron chi connectivity index (χ4n) is 4.71. The zero-order valence-corrected chi connectivity index (χ0v) is 19.3. The minimum absolute atomic E-state index is 0.0876. The molecule has 0 radical (unpaired) electrons. The van der Waals surface area contributed by atoms with Crippen molar-refractivity contribution in [1.29, 1.82) is 0 Å². The summed E-state index contributed by atoms with van der Waals surface area (Å²) in [6, 6.07) is 17.8. The predicted octanol–water partition coefficient (Wildman–Crippen LogP) is 4.20. The molecule has 170 valence electrons. The van der Waals surface area contributed by atoms with E-state index in [4.69, 9.17) is 17.0 Å². The quantitative estimate of drug-likeness (QED) is 0.536. The van der Waals surface area contributed by atoms with Crippen molar-refractivity contribution in [2.24, 2.45) is 0 Å². The van der Waals surface area contributed by atoms with Crippen LogP contribution in [0.2, 0.25) is 0 Å². The summed E-state index contributed by atoms with van der Waals surface area (Å²) in [5, 5.41) is 6.97. The van der Waals surface area contributed by atoms with E-state index < -0.39 is 0 Å². The second-order valence-corrected chi connectivity index (χ2v) is 8.83. The van der Waals surface area contributed by atoms with E-state index >= 15 is 0 Å². The number of thiocarbonyl (C=S) groups is 1. The molecule has 0 unspecified atom stereocenters. The number of amides is 1. The van der Waals surface area contributed by atoms with E-state index in [9.17, 15) is 4.79 Å². The largest absolute Gasteiger partial charge is 0.376 e. The highest BCUT2D eigenvalue weighted by Gasteiger charge is 2.42. The fourth-order valence-corrected chi connectivity index (χ4v) is 5.06. The van der Waals surface area contributed by atoms with E-state index in [1.165, 1.54) is 6.92 Å². The van der Waals surface area contributed by atoms with Crippen molar-refractivity contribution >= 4 is 34.6 Å². The topological polar surface area (TPSA) is 71.4 Å². The van der Waals surface area contributed by atoms with Crippen LogP contribution in [0.3, 0.4) is 0 Å². The number of anilines is 2. The fraction of sp³-hybridized carbons (Fsp3) is 0.320. The number of hydrogen-bond donors (Lipinski definition) is 2. The summed E-state index contributed by atoms with van der Waals surface area (Å²) in [5.74, 6) is -0.0961. The van der Waals surface area contributed by atoms with Crippen LogP contribution in [-0.4, -0.2) is 33.3 Å². The Kier molecular flexibility index (Phi) is 6.11. The van der Waals surface area contributed by atoms with E-state index in [2.05, 4.69) is 43.4 Å². The molecule has 2 fully saturated rings. The van der Waals surface area contributed by atoms with Crippen LogP contribution in [0.4, 0.5) is 11.4 Å². The zero-order chi connectivity index (χ0) is 22.8. The van der Waals surface area contributed by atoms with Gasteiger partial charge in [-0.15, -0.1) is 0 Å². The highest BCUT2D eigenvalue weighted by Crippen LogP contribution is 2.42. The maximum absolute atomic E-state index is 11.4. The van der Waals surface area contributed by atoms with E-state index in [0.29, 0.717) is 5.11 Å². The van der Waals surface area contributed by atoms with Gasteiger partial charge in [-0.25, -0.2) is 0 Å². The van der Waals surface area contributed by atoms with Crippen molar-refractivity contribution in [3.8, 4) is 0 Å². The average Bonchev–Trinajstić information content (AvgIpc) is 3.55. The van der Waals surface area contributed by atoms with E-state index in [0.717, 1.165) is 48.8 Å². The van der Waals surface area contributed by atoms with Gasteiger partial charge in [-0.1, -0.05) is 6.07 Å². The number of nitrogens with one attached hydrogen (secondary N) is 2. The Hall–Kier alpha value is -3.23. The van der Waals surface area contributed by atoms with Crippen molar-refractivity contribution in [2.75, 3.05) is 16.8 Å². The minimum Gasteiger partial charge on any atom is -0.376 e. The maximum atomic E-state index is 11.4. The summed E-state index contributed by atoms with van der Waals surface area (Å²) in [6.45, 7) is 3.15. The minimum atomic E-state index is -0.105. The molecule has 0 spiro atoms. The zero-order valence-electron chi connectivity index (χ0n) is 18.5. The van der Waals surface area contributed by atoms with Crippen molar-refractivity contribution in [1.82, 2.24) is 14.9 Å². The smallest absolute Gasteiger partial charge is 0.221 e. The third kappa shape index (κ3) is 4.49. The van der Waals surface area contributed by atoms with Crippen LogP contribution in [-0.2, 0) is 16.1 Å². The van der Waals surface area contributed by atoms with Gasteiger partial charge in [0.2, 0.25) is 5.91 Å². The van der Waals surface area contributed by atoms with Crippen molar-refractivity contribution in [3.05, 3.63) is 78.4 Å². The highest BCUT2D eigenvalue weighted by atomic mass is 32.1. The molecule has 2 saturated heterocycles. The Balaban J connectivity index is 1.53. The maximum Gasteiger partial charge on any atom is 0.221 e. The van der Waals surface area contributed by atoms with Crippen molar-refractivity contribution in [3.63, 3.8) is 0 Å². The SMILES string of the molecule is CC(=O)Nc1ccc(N2C(=S)N[C@@H](c3ccccn3)[C@@H]2c2cccn2C[C@@H]2CCCO2)cc1. The van der Waals surface area contributed by atoms with Crippen LogP contribution >= 0.6 is 12.2 Å². The normalized spacial score (nSPS) is 22.4. The first-order chi connectivity index (χ1) is 16.1. The number of pyridine rings is 1. The molecule has 1 amide bonds. The lowest BCUT2D eigenvalue weighted by atomic mass is 10.0. The van der Waals surface area contributed by atoms with Gasteiger partial charge in [0.15, 0.2) is 5.11 Å². The Morgan fingerprint density at radius 3 is 2.76 bits per heavy atom. The molecule has 2 aliphatic heterocycles. The molecule has 8 heteroatoms. The molecule has 2 aromatic heterocycles. The first-order valence-corrected chi connectivity index (χ1v) is 11.7. The lowest BCUT2D eigenvalue weighted by molar-refractivity contribution is -0.114. The molecule has 4 heterocycles. The van der Waals surface area contributed by atoms with Crippen molar-refractivity contribution < 1.29 is 9.53 Å². The molecule has 0 bridgehead atoms. The average molecular weight is 462 g/mol. The van der Waals surface area contributed by atoms with Gasteiger partial charge < -0.3 is 24.8 Å². The van der Waals surface area contributed by atoms with E-state index in [1.807, 2.05) is 48.7 Å². The lowest BCUT2D eigenvalue weighted by Gasteiger charge is -2.29. The predicted molar refractivity (Wildman–Crippen MR) is 132 cm³/mol. The van der Waals surface area contributed by atoms with Crippen LogP contribution in [0.25, 0.3) is 0 Å². The summed E-state index contributed by atoms with van der Waals surface area (Å²) >= 11 is 5.82. The molecule has 7 nitrogen and oxygen atoms in total. The molecular formula is C25H27N5O2S. The van der Waals surface area contributed by atoms with Crippen LogP contribution < -0.4 is 15.5 Å². The standard InChI is InChI=1S/C25H27N5O2S/c1-17(31)27-18-9-11-19(12-10-18)30-24(23(28-25(30)33)21-7-2-3-13-26-21)22-8-4-14-29(22)16-20-6-5-15-32-20/h2-4,7-14,20,23-24H,5-6,15-16H2,1H3,(H,27,31)(H,28,33)/t20-,23-,24-/m0/s1. The lowest BCUT2D eigenvalue weighted by Crippen LogP contribution is -2.31. The van der Waals surface area contributed by atoms with Gasteiger partial charge in [0, 0.05) is 49.5 Å². The van der Waals surface area contributed by atoms with Gasteiger partial charge in [0.25, 0.3) is 0 Å². The van der Waals surface area contributed by atoms with Crippen molar-refractivity contribution in [2.45, 2.75) is 44.5 Å². The van der Waals surface area contributed by atoms with Gasteiger partial charge in [-0.05, 0) is 73.6 Å². The molecule has 0 saturated carbocycles. The Morgan fingerprint density at radius 1 is 1.21 bits per heavy atom. The van der Waals surface area contributed by atoms with Gasteiger partial charge in [-0.2, -0.15) is 0 Å². The Bertz CT molecular complexity index is 1130. The molecular weight excluding hydrogens is 434 g/mol. The van der Waals surface area contributed by atoms with Crippen LogP contribution in [0.15, 0.2) is 67.0 Å². The second-order valence-electron chi connectivity index (χ2n) is 8.45. The Morgan fingerprint density at radius 2 is 2.06 bits per heavy atom. The molecule has 0 aliphatic carbocycles. The number of aromatic nitrogens is 2. The number of carbonyl (C=O) groups is 1. The monoisotopic (exact) mass is 461 g/mol. The summed E-state index contributed by atoms with van der Waals surface area (Å²) in [4.78, 5) is 18.2. The number of hydrogen-bond acceptors (Lipinski definition) is 4. The molecule has 3 aromatic rings. The van der Waals surface area contributed by atoms with Gasteiger partial charge in [0.05, 0.1) is 17.8 Å². The first kappa shape index (κ1) is 21.6.